The fraction of sp³-hybridized carbons (Fsp3) is 0.364. The van der Waals surface area contributed by atoms with Crippen LogP contribution in [0.3, 0.4) is 0 Å². The lowest BCUT2D eigenvalue weighted by Crippen LogP contribution is -2.10. The normalized spacial score (nSPS) is 13.3. The smallest absolute Gasteiger partial charge is 0.282 e. The van der Waals surface area contributed by atoms with E-state index in [-0.39, 0.29) is 0 Å². The van der Waals surface area contributed by atoms with E-state index in [1.165, 1.54) is 5.56 Å². The van der Waals surface area contributed by atoms with Crippen molar-refractivity contribution in [3.63, 3.8) is 0 Å². The monoisotopic (exact) mass is 208 g/mol. The predicted octanol–water partition coefficient (Wildman–Crippen LogP) is 1.33. The zero-order valence-corrected chi connectivity index (χ0v) is 9.06. The molecule has 0 amide bonds. The molecule has 0 saturated carbocycles. The van der Waals surface area contributed by atoms with Crippen molar-refractivity contribution in [1.82, 2.24) is 0 Å². The van der Waals surface area contributed by atoms with E-state index in [0.717, 1.165) is 12.3 Å². The second-order valence-corrected chi connectivity index (χ2v) is 3.09. The van der Waals surface area contributed by atoms with Gasteiger partial charge in [0.25, 0.3) is 6.02 Å². The Morgan fingerprint density at radius 2 is 2.00 bits per heavy atom. The number of hydrogen-bond donors (Lipinski definition) is 1. The summed E-state index contributed by atoms with van der Waals surface area (Å²) in [4.78, 5) is 3.71. The molecule has 1 aliphatic rings. The van der Waals surface area contributed by atoms with Crippen molar-refractivity contribution in [2.75, 3.05) is 20.3 Å². The summed E-state index contributed by atoms with van der Waals surface area (Å²) in [7, 11) is 1.67. The molecule has 0 radical (unpaired) electrons. The van der Waals surface area contributed by atoms with E-state index >= 15 is 0 Å². The highest BCUT2D eigenvalue weighted by molar-refractivity contribution is 5.72. The minimum absolute atomic E-state index is 0.329. The molecule has 82 valence electrons. The molecule has 2 N–H and O–H groups in total. The number of aliphatic imine (C=N–C) groups is 1. The number of rotatable bonds is 1. The van der Waals surface area contributed by atoms with E-state index in [2.05, 4.69) is 16.7 Å². The van der Waals surface area contributed by atoms with Crippen LogP contribution < -0.4 is 10.5 Å². The Balaban J connectivity index is 0.000000162. The Morgan fingerprint density at radius 3 is 2.33 bits per heavy atom. The number of nitrogens with two attached hydrogens (primary N) is 1. The Hall–Kier alpha value is -1.71. The van der Waals surface area contributed by atoms with Crippen LogP contribution in [-0.4, -0.2) is 26.3 Å². The summed E-state index contributed by atoms with van der Waals surface area (Å²) >= 11 is 0. The first-order valence-corrected chi connectivity index (χ1v) is 4.76. The molecule has 0 saturated heterocycles. The minimum Gasteiger partial charge on any atom is -0.497 e. The van der Waals surface area contributed by atoms with Crippen LogP contribution in [0.25, 0.3) is 0 Å². The van der Waals surface area contributed by atoms with Gasteiger partial charge in [-0.2, -0.15) is 0 Å². The van der Waals surface area contributed by atoms with E-state index in [4.69, 9.17) is 10.5 Å². The average molecular weight is 208 g/mol. The van der Waals surface area contributed by atoms with Crippen molar-refractivity contribution < 1.29 is 9.47 Å². The van der Waals surface area contributed by atoms with E-state index in [0.29, 0.717) is 12.6 Å². The molecule has 0 aliphatic carbocycles. The summed E-state index contributed by atoms with van der Waals surface area (Å²) in [5, 5.41) is 0. The Bertz CT molecular complexity index is 320. The van der Waals surface area contributed by atoms with Gasteiger partial charge in [0.05, 0.1) is 13.7 Å². The minimum atomic E-state index is 0.329. The van der Waals surface area contributed by atoms with E-state index in [9.17, 15) is 0 Å². The maximum absolute atomic E-state index is 5.06. The first-order valence-electron chi connectivity index (χ1n) is 4.76. The Kier molecular flexibility index (Phi) is 4.47. The molecule has 0 fully saturated rings. The third-order valence-electron chi connectivity index (χ3n) is 1.87. The van der Waals surface area contributed by atoms with Crippen LogP contribution in [0, 0.1) is 6.92 Å². The molecule has 4 nitrogen and oxygen atoms in total. The Morgan fingerprint density at radius 1 is 1.33 bits per heavy atom. The number of benzene rings is 1. The van der Waals surface area contributed by atoms with Crippen LogP contribution in [-0.2, 0) is 4.74 Å². The largest absolute Gasteiger partial charge is 0.497 e. The van der Waals surface area contributed by atoms with Gasteiger partial charge < -0.3 is 15.2 Å². The third kappa shape index (κ3) is 4.35. The van der Waals surface area contributed by atoms with E-state index in [1.54, 1.807) is 7.11 Å². The van der Waals surface area contributed by atoms with Gasteiger partial charge in [-0.15, -0.1) is 0 Å². The lowest BCUT2D eigenvalue weighted by atomic mass is 10.2. The zero-order chi connectivity index (χ0) is 11.1. The summed E-state index contributed by atoms with van der Waals surface area (Å²) in [5.74, 6) is 0.917. The van der Waals surface area contributed by atoms with Crippen molar-refractivity contribution in [2.24, 2.45) is 10.7 Å². The summed E-state index contributed by atoms with van der Waals surface area (Å²) in [6.07, 6.45) is 0. The molecule has 1 aromatic carbocycles. The predicted molar refractivity (Wildman–Crippen MR) is 60.2 cm³/mol. The van der Waals surface area contributed by atoms with Crippen molar-refractivity contribution in [3.05, 3.63) is 29.8 Å². The number of methoxy groups -OCH3 is 1. The lowest BCUT2D eigenvalue weighted by Gasteiger charge is -1.97. The van der Waals surface area contributed by atoms with Crippen molar-refractivity contribution >= 4 is 6.02 Å². The third-order valence-corrected chi connectivity index (χ3v) is 1.87. The fourth-order valence-corrected chi connectivity index (χ4v) is 1.03. The first-order chi connectivity index (χ1) is 7.22. The van der Waals surface area contributed by atoms with Gasteiger partial charge in [0.15, 0.2) is 0 Å². The average Bonchev–Trinajstić information content (AvgIpc) is 2.71. The molecule has 0 aromatic heterocycles. The van der Waals surface area contributed by atoms with Crippen LogP contribution in [0.1, 0.15) is 5.56 Å². The zero-order valence-electron chi connectivity index (χ0n) is 9.06. The highest BCUT2D eigenvalue weighted by Gasteiger charge is 1.97. The SMILES string of the molecule is COc1ccc(C)cc1.NC1=NCCO1. The Labute approximate surface area is 89.7 Å². The van der Waals surface area contributed by atoms with Gasteiger partial charge in [-0.3, -0.25) is 0 Å². The summed E-state index contributed by atoms with van der Waals surface area (Å²) < 4.78 is 9.65. The van der Waals surface area contributed by atoms with Gasteiger partial charge >= 0.3 is 0 Å². The maximum Gasteiger partial charge on any atom is 0.282 e. The molecule has 2 rings (SSSR count). The number of nitrogens with zero attached hydrogens (tertiary/aromatic N) is 1. The van der Waals surface area contributed by atoms with Crippen LogP contribution in [0.5, 0.6) is 5.75 Å². The first kappa shape index (κ1) is 11.4. The van der Waals surface area contributed by atoms with E-state index < -0.39 is 0 Å². The quantitative estimate of drug-likeness (QED) is 0.757. The molecule has 0 bridgehead atoms. The van der Waals surface area contributed by atoms with Crippen molar-refractivity contribution in [3.8, 4) is 5.75 Å². The molecule has 1 heterocycles. The molecule has 15 heavy (non-hydrogen) atoms. The summed E-state index contributed by atoms with van der Waals surface area (Å²) in [6.45, 7) is 3.44. The van der Waals surface area contributed by atoms with Gasteiger partial charge in [0.2, 0.25) is 0 Å². The lowest BCUT2D eigenvalue weighted by molar-refractivity contribution is 0.342. The van der Waals surface area contributed by atoms with Gasteiger partial charge in [-0.1, -0.05) is 17.7 Å². The number of aryl methyl sites for hydroxylation is 1. The number of ether oxygens (including phenoxy) is 2. The second kappa shape index (κ2) is 5.90. The van der Waals surface area contributed by atoms with Crippen LogP contribution in [0.4, 0.5) is 0 Å². The topological polar surface area (TPSA) is 56.8 Å². The highest BCUT2D eigenvalue weighted by atomic mass is 16.5. The molecule has 0 unspecified atom stereocenters. The number of hydrogen-bond acceptors (Lipinski definition) is 4. The standard InChI is InChI=1S/C8H10O.C3H6N2O/c1-7-3-5-8(9-2)6-4-7;4-3-5-1-2-6-3/h3-6H,1-2H3;1-2H2,(H2,4,5). The molecule has 4 heteroatoms. The molecule has 1 aromatic rings. The summed E-state index contributed by atoms with van der Waals surface area (Å²) in [5.41, 5.74) is 6.32. The molecule has 1 aliphatic heterocycles. The van der Waals surface area contributed by atoms with Crippen LogP contribution in [0.15, 0.2) is 29.3 Å². The highest BCUT2D eigenvalue weighted by Crippen LogP contribution is 2.09. The van der Waals surface area contributed by atoms with Crippen LogP contribution in [0.2, 0.25) is 0 Å². The van der Waals surface area contributed by atoms with Crippen molar-refractivity contribution in [1.29, 1.82) is 0 Å². The second-order valence-electron chi connectivity index (χ2n) is 3.09. The molecular formula is C11H16N2O2. The number of amidine groups is 1. The van der Waals surface area contributed by atoms with Gasteiger partial charge in [-0.25, -0.2) is 4.99 Å². The molecular weight excluding hydrogens is 192 g/mol. The van der Waals surface area contributed by atoms with Gasteiger partial charge in [0, 0.05) is 0 Å². The fourth-order valence-electron chi connectivity index (χ4n) is 1.03. The van der Waals surface area contributed by atoms with E-state index in [1.807, 2.05) is 24.3 Å². The van der Waals surface area contributed by atoms with Crippen molar-refractivity contribution in [2.45, 2.75) is 6.92 Å². The van der Waals surface area contributed by atoms with Gasteiger partial charge in [0.1, 0.15) is 12.4 Å². The van der Waals surface area contributed by atoms with Gasteiger partial charge in [-0.05, 0) is 19.1 Å². The molecule has 0 atom stereocenters. The maximum atomic E-state index is 5.06. The van der Waals surface area contributed by atoms with Crippen LogP contribution >= 0.6 is 0 Å². The summed E-state index contributed by atoms with van der Waals surface area (Å²) in [6, 6.07) is 8.29. The molecule has 0 spiro atoms.